The molecule has 1 heterocycles. The first-order valence-corrected chi connectivity index (χ1v) is 6.70. The number of ether oxygens (including phenoxy) is 1. The molecule has 0 amide bonds. The Kier molecular flexibility index (Phi) is 4.30. The van der Waals surface area contributed by atoms with Crippen LogP contribution in [0.3, 0.4) is 0 Å². The maximum Gasteiger partial charge on any atom is 0.164 e. The van der Waals surface area contributed by atoms with Gasteiger partial charge < -0.3 is 4.74 Å². The number of halogens is 2. The number of rotatable bonds is 5. The predicted molar refractivity (Wildman–Crippen MR) is 69.1 cm³/mol. The highest BCUT2D eigenvalue weighted by atomic mass is 79.9. The number of hydrogen-bond acceptors (Lipinski definition) is 3. The Balaban J connectivity index is 2.08. The molecule has 0 bridgehead atoms. The van der Waals surface area contributed by atoms with Gasteiger partial charge >= 0.3 is 0 Å². The molecule has 2 rings (SSSR count). The third-order valence-corrected chi connectivity index (χ3v) is 3.10. The summed E-state index contributed by atoms with van der Waals surface area (Å²) in [4.78, 5) is 4.09. The molecule has 0 unspecified atom stereocenters. The van der Waals surface area contributed by atoms with Crippen molar-refractivity contribution in [2.24, 2.45) is 0 Å². The van der Waals surface area contributed by atoms with E-state index in [1.165, 1.54) is 18.5 Å². The van der Waals surface area contributed by atoms with Crippen molar-refractivity contribution in [1.82, 2.24) is 14.8 Å². The lowest BCUT2D eigenvalue weighted by Crippen LogP contribution is -2.07. The zero-order chi connectivity index (χ0) is 13.0. The van der Waals surface area contributed by atoms with Gasteiger partial charge in [-0.05, 0) is 24.6 Å². The standard InChI is InChI=1S/C12H13BrFN3O/c1-2-17-12(15-8-16-17)7-18-11-4-9(6-13)3-10(14)5-11/h3-5,8H,2,6-7H2,1H3. The van der Waals surface area contributed by atoms with Gasteiger partial charge in [-0.2, -0.15) is 5.10 Å². The second-order valence-electron chi connectivity index (χ2n) is 3.71. The largest absolute Gasteiger partial charge is 0.486 e. The summed E-state index contributed by atoms with van der Waals surface area (Å²) in [6, 6.07) is 4.62. The lowest BCUT2D eigenvalue weighted by molar-refractivity contribution is 0.285. The molecule has 0 N–H and O–H groups in total. The van der Waals surface area contributed by atoms with Gasteiger partial charge in [-0.15, -0.1) is 0 Å². The van der Waals surface area contributed by atoms with Crippen LogP contribution in [0.4, 0.5) is 4.39 Å². The van der Waals surface area contributed by atoms with E-state index in [0.717, 1.165) is 17.9 Å². The molecule has 0 spiro atoms. The van der Waals surface area contributed by atoms with E-state index in [4.69, 9.17) is 4.74 Å². The van der Waals surface area contributed by atoms with Crippen LogP contribution in [0.2, 0.25) is 0 Å². The van der Waals surface area contributed by atoms with Crippen LogP contribution in [0.5, 0.6) is 5.75 Å². The number of benzene rings is 1. The molecular weight excluding hydrogens is 301 g/mol. The van der Waals surface area contributed by atoms with Crippen molar-refractivity contribution in [2.45, 2.75) is 25.4 Å². The summed E-state index contributed by atoms with van der Waals surface area (Å²) in [5.41, 5.74) is 0.835. The predicted octanol–water partition coefficient (Wildman–Crippen LogP) is 2.91. The van der Waals surface area contributed by atoms with Gasteiger partial charge in [0.15, 0.2) is 5.82 Å². The Morgan fingerprint density at radius 3 is 2.94 bits per heavy atom. The molecule has 0 radical (unpaired) electrons. The van der Waals surface area contributed by atoms with Crippen LogP contribution in [0.15, 0.2) is 24.5 Å². The fourth-order valence-electron chi connectivity index (χ4n) is 1.59. The van der Waals surface area contributed by atoms with E-state index < -0.39 is 0 Å². The smallest absolute Gasteiger partial charge is 0.164 e. The van der Waals surface area contributed by atoms with Gasteiger partial charge in [0.25, 0.3) is 0 Å². The van der Waals surface area contributed by atoms with Crippen LogP contribution in [-0.2, 0) is 18.5 Å². The lowest BCUT2D eigenvalue weighted by Gasteiger charge is -2.08. The highest BCUT2D eigenvalue weighted by Gasteiger charge is 2.05. The van der Waals surface area contributed by atoms with Crippen molar-refractivity contribution in [1.29, 1.82) is 0 Å². The second kappa shape index (κ2) is 5.95. The van der Waals surface area contributed by atoms with E-state index in [-0.39, 0.29) is 12.4 Å². The van der Waals surface area contributed by atoms with Crippen molar-refractivity contribution < 1.29 is 9.13 Å². The zero-order valence-electron chi connectivity index (χ0n) is 9.94. The Morgan fingerprint density at radius 2 is 2.22 bits per heavy atom. The summed E-state index contributed by atoms with van der Waals surface area (Å²) in [6.07, 6.45) is 1.48. The number of hydrogen-bond donors (Lipinski definition) is 0. The van der Waals surface area contributed by atoms with Crippen LogP contribution >= 0.6 is 15.9 Å². The highest BCUT2D eigenvalue weighted by Crippen LogP contribution is 2.19. The molecule has 1 aromatic heterocycles. The minimum Gasteiger partial charge on any atom is -0.486 e. The molecule has 6 heteroatoms. The van der Waals surface area contributed by atoms with Crippen molar-refractivity contribution in [3.05, 3.63) is 41.7 Å². The van der Waals surface area contributed by atoms with E-state index in [2.05, 4.69) is 26.0 Å². The average Bonchev–Trinajstić information content (AvgIpc) is 2.83. The van der Waals surface area contributed by atoms with Gasteiger partial charge in [-0.25, -0.2) is 14.1 Å². The average molecular weight is 314 g/mol. The first-order chi connectivity index (χ1) is 8.72. The first-order valence-electron chi connectivity index (χ1n) is 5.58. The minimum atomic E-state index is -0.307. The molecule has 0 aliphatic heterocycles. The maximum atomic E-state index is 13.3. The first kappa shape index (κ1) is 13.0. The van der Waals surface area contributed by atoms with Gasteiger partial charge in [0.2, 0.25) is 0 Å². The van der Waals surface area contributed by atoms with E-state index in [0.29, 0.717) is 11.1 Å². The van der Waals surface area contributed by atoms with Crippen LogP contribution in [-0.4, -0.2) is 14.8 Å². The van der Waals surface area contributed by atoms with Gasteiger partial charge in [-0.1, -0.05) is 15.9 Å². The molecular formula is C12H13BrFN3O. The fraction of sp³-hybridized carbons (Fsp3) is 0.333. The molecule has 1 aromatic carbocycles. The highest BCUT2D eigenvalue weighted by molar-refractivity contribution is 9.08. The maximum absolute atomic E-state index is 13.3. The fourth-order valence-corrected chi connectivity index (χ4v) is 1.92. The lowest BCUT2D eigenvalue weighted by atomic mass is 10.2. The van der Waals surface area contributed by atoms with E-state index in [1.54, 1.807) is 10.7 Å². The van der Waals surface area contributed by atoms with Crippen molar-refractivity contribution in [2.75, 3.05) is 0 Å². The number of aryl methyl sites for hydroxylation is 1. The summed E-state index contributed by atoms with van der Waals surface area (Å²) < 4.78 is 20.6. The van der Waals surface area contributed by atoms with Gasteiger partial charge in [0.05, 0.1) is 0 Å². The summed E-state index contributed by atoms with van der Waals surface area (Å²) in [7, 11) is 0. The van der Waals surface area contributed by atoms with Crippen LogP contribution in [0, 0.1) is 5.82 Å². The van der Waals surface area contributed by atoms with E-state index >= 15 is 0 Å². The van der Waals surface area contributed by atoms with Crippen LogP contribution < -0.4 is 4.74 Å². The topological polar surface area (TPSA) is 39.9 Å². The van der Waals surface area contributed by atoms with Crippen molar-refractivity contribution in [3.63, 3.8) is 0 Å². The number of alkyl halides is 1. The molecule has 96 valence electrons. The molecule has 0 aliphatic rings. The third kappa shape index (κ3) is 3.07. The molecule has 0 atom stereocenters. The molecule has 2 aromatic rings. The molecule has 4 nitrogen and oxygen atoms in total. The quantitative estimate of drug-likeness (QED) is 0.797. The normalized spacial score (nSPS) is 10.6. The monoisotopic (exact) mass is 313 g/mol. The van der Waals surface area contributed by atoms with Crippen LogP contribution in [0.1, 0.15) is 18.3 Å². The zero-order valence-corrected chi connectivity index (χ0v) is 11.5. The van der Waals surface area contributed by atoms with Gasteiger partial charge in [0.1, 0.15) is 24.5 Å². The molecule has 0 saturated carbocycles. The Morgan fingerprint density at radius 1 is 1.39 bits per heavy atom. The summed E-state index contributed by atoms with van der Waals surface area (Å²) in [5, 5.41) is 4.63. The van der Waals surface area contributed by atoms with Gasteiger partial charge in [0, 0.05) is 17.9 Å². The molecule has 0 saturated heterocycles. The molecule has 18 heavy (non-hydrogen) atoms. The number of nitrogens with zero attached hydrogens (tertiary/aromatic N) is 3. The summed E-state index contributed by atoms with van der Waals surface area (Å²) >= 11 is 3.29. The SMILES string of the molecule is CCn1ncnc1COc1cc(F)cc(CBr)c1. The van der Waals surface area contributed by atoms with Crippen molar-refractivity contribution in [3.8, 4) is 5.75 Å². The van der Waals surface area contributed by atoms with Gasteiger partial charge in [-0.3, -0.25) is 0 Å². The summed E-state index contributed by atoms with van der Waals surface area (Å²) in [5.74, 6) is 0.913. The summed E-state index contributed by atoms with van der Waals surface area (Å²) in [6.45, 7) is 2.98. The Labute approximate surface area is 113 Å². The Hall–Kier alpha value is -1.43. The van der Waals surface area contributed by atoms with Crippen molar-refractivity contribution >= 4 is 15.9 Å². The Bertz CT molecular complexity index is 530. The van der Waals surface area contributed by atoms with E-state index in [9.17, 15) is 4.39 Å². The third-order valence-electron chi connectivity index (χ3n) is 2.45. The second-order valence-corrected chi connectivity index (χ2v) is 4.27. The number of aromatic nitrogens is 3. The molecule has 0 aliphatic carbocycles. The molecule has 0 fully saturated rings. The van der Waals surface area contributed by atoms with Crippen LogP contribution in [0.25, 0.3) is 0 Å². The minimum absolute atomic E-state index is 0.277. The van der Waals surface area contributed by atoms with E-state index in [1.807, 2.05) is 6.92 Å².